The predicted molar refractivity (Wildman–Crippen MR) is 81.8 cm³/mol. The number of nitrogens with one attached hydrogen (secondary N) is 1. The molecule has 0 bridgehead atoms. The Bertz CT molecular complexity index is 423. The summed E-state index contributed by atoms with van der Waals surface area (Å²) < 4.78 is 5.35. The molecule has 4 heteroatoms. The zero-order valence-electron chi connectivity index (χ0n) is 13.7. The molecule has 2 rings (SSSR count). The van der Waals surface area contributed by atoms with E-state index in [9.17, 15) is 0 Å². The van der Waals surface area contributed by atoms with Gasteiger partial charge in [-0.1, -0.05) is 25.4 Å². The van der Waals surface area contributed by atoms with Gasteiger partial charge in [0, 0.05) is 36.8 Å². The molecule has 1 N–H and O–H groups in total. The number of nitrogens with zero attached hydrogens (tertiary/aromatic N) is 2. The van der Waals surface area contributed by atoms with Crippen molar-refractivity contribution in [1.29, 1.82) is 0 Å². The van der Waals surface area contributed by atoms with Gasteiger partial charge >= 0.3 is 0 Å². The monoisotopic (exact) mass is 279 g/mol. The topological polar surface area (TPSA) is 41.3 Å². The highest BCUT2D eigenvalue weighted by Gasteiger charge is 2.33. The SMILES string of the molecule is CCC(C)C1CN(C(C)c2c(C)noc2C)C(C)CN1. The number of rotatable bonds is 4. The molecule has 1 aromatic rings. The molecule has 1 fully saturated rings. The van der Waals surface area contributed by atoms with Gasteiger partial charge in [0.1, 0.15) is 5.76 Å². The van der Waals surface area contributed by atoms with E-state index >= 15 is 0 Å². The minimum atomic E-state index is 0.366. The molecule has 1 saturated heterocycles. The highest BCUT2D eigenvalue weighted by atomic mass is 16.5. The number of hydrogen-bond acceptors (Lipinski definition) is 4. The molecule has 0 aliphatic carbocycles. The number of hydrogen-bond donors (Lipinski definition) is 1. The second-order valence-corrected chi connectivity index (χ2v) is 6.36. The molecular formula is C16H29N3O. The van der Waals surface area contributed by atoms with Gasteiger partial charge in [-0.3, -0.25) is 4.90 Å². The van der Waals surface area contributed by atoms with Gasteiger partial charge in [0.25, 0.3) is 0 Å². The van der Waals surface area contributed by atoms with Gasteiger partial charge in [0.15, 0.2) is 0 Å². The van der Waals surface area contributed by atoms with Gasteiger partial charge in [0.2, 0.25) is 0 Å². The highest BCUT2D eigenvalue weighted by molar-refractivity contribution is 5.25. The van der Waals surface area contributed by atoms with Crippen LogP contribution in [0, 0.1) is 19.8 Å². The van der Waals surface area contributed by atoms with Gasteiger partial charge in [-0.2, -0.15) is 0 Å². The Hall–Kier alpha value is -0.870. The van der Waals surface area contributed by atoms with Gasteiger partial charge in [-0.15, -0.1) is 0 Å². The number of aryl methyl sites for hydroxylation is 2. The minimum absolute atomic E-state index is 0.366. The second-order valence-electron chi connectivity index (χ2n) is 6.36. The largest absolute Gasteiger partial charge is 0.361 e. The van der Waals surface area contributed by atoms with E-state index in [1.807, 2.05) is 13.8 Å². The van der Waals surface area contributed by atoms with Crippen molar-refractivity contribution in [3.05, 3.63) is 17.0 Å². The lowest BCUT2D eigenvalue weighted by Gasteiger charge is -2.44. The molecule has 1 aromatic heterocycles. The van der Waals surface area contributed by atoms with Crippen LogP contribution < -0.4 is 5.32 Å². The average molecular weight is 279 g/mol. The summed E-state index contributed by atoms with van der Waals surface area (Å²) in [7, 11) is 0. The van der Waals surface area contributed by atoms with Gasteiger partial charge < -0.3 is 9.84 Å². The first-order chi connectivity index (χ1) is 9.45. The van der Waals surface area contributed by atoms with Crippen molar-refractivity contribution >= 4 is 0 Å². The zero-order chi connectivity index (χ0) is 14.9. The standard InChI is InChI=1S/C16H29N3O/c1-7-10(2)15-9-19(11(3)8-17-15)13(5)16-12(4)18-20-14(16)6/h10-11,13,15,17H,7-9H2,1-6H3. The molecule has 1 aliphatic rings. The first-order valence-electron chi connectivity index (χ1n) is 7.87. The molecule has 2 heterocycles. The van der Waals surface area contributed by atoms with Crippen LogP contribution in [0.15, 0.2) is 4.52 Å². The maximum atomic E-state index is 5.35. The molecule has 114 valence electrons. The predicted octanol–water partition coefficient (Wildman–Crippen LogP) is 3.06. The van der Waals surface area contributed by atoms with E-state index in [1.165, 1.54) is 12.0 Å². The van der Waals surface area contributed by atoms with Crippen LogP contribution in [0.1, 0.15) is 57.2 Å². The molecule has 4 nitrogen and oxygen atoms in total. The highest BCUT2D eigenvalue weighted by Crippen LogP contribution is 2.30. The van der Waals surface area contributed by atoms with Gasteiger partial charge in [-0.05, 0) is 33.6 Å². The van der Waals surface area contributed by atoms with Crippen LogP contribution in [0.4, 0.5) is 0 Å². The summed E-state index contributed by atoms with van der Waals surface area (Å²) >= 11 is 0. The molecule has 0 spiro atoms. The van der Waals surface area contributed by atoms with Crippen molar-refractivity contribution in [3.63, 3.8) is 0 Å². The summed E-state index contributed by atoms with van der Waals surface area (Å²) in [5.74, 6) is 1.67. The van der Waals surface area contributed by atoms with E-state index in [0.29, 0.717) is 24.0 Å². The van der Waals surface area contributed by atoms with Crippen molar-refractivity contribution in [2.24, 2.45) is 5.92 Å². The fourth-order valence-corrected chi connectivity index (χ4v) is 3.37. The fraction of sp³-hybridized carbons (Fsp3) is 0.812. The Balaban J connectivity index is 2.17. The molecule has 0 saturated carbocycles. The molecular weight excluding hydrogens is 250 g/mol. The van der Waals surface area contributed by atoms with Crippen LogP contribution in [0.3, 0.4) is 0 Å². The zero-order valence-corrected chi connectivity index (χ0v) is 13.7. The van der Waals surface area contributed by atoms with E-state index in [0.717, 1.165) is 24.5 Å². The van der Waals surface area contributed by atoms with E-state index in [4.69, 9.17) is 4.52 Å². The van der Waals surface area contributed by atoms with Crippen LogP contribution in [-0.4, -0.2) is 35.2 Å². The second kappa shape index (κ2) is 6.27. The maximum Gasteiger partial charge on any atom is 0.138 e. The van der Waals surface area contributed by atoms with E-state index in [1.54, 1.807) is 0 Å². The summed E-state index contributed by atoms with van der Waals surface area (Å²) in [4.78, 5) is 2.60. The first kappa shape index (κ1) is 15.5. The maximum absolute atomic E-state index is 5.35. The van der Waals surface area contributed by atoms with Crippen LogP contribution in [-0.2, 0) is 0 Å². The van der Waals surface area contributed by atoms with Crippen LogP contribution in [0.25, 0.3) is 0 Å². The summed E-state index contributed by atoms with van der Waals surface area (Å²) in [6.45, 7) is 15.4. The van der Waals surface area contributed by atoms with Crippen molar-refractivity contribution in [3.8, 4) is 0 Å². The smallest absolute Gasteiger partial charge is 0.138 e. The molecule has 4 atom stereocenters. The van der Waals surface area contributed by atoms with Crippen LogP contribution >= 0.6 is 0 Å². The normalized spacial score (nSPS) is 27.5. The minimum Gasteiger partial charge on any atom is -0.361 e. The molecule has 20 heavy (non-hydrogen) atoms. The molecule has 1 aliphatic heterocycles. The van der Waals surface area contributed by atoms with Gasteiger partial charge in [0.05, 0.1) is 5.69 Å². The van der Waals surface area contributed by atoms with Crippen LogP contribution in [0.5, 0.6) is 0 Å². The third-order valence-corrected chi connectivity index (χ3v) is 4.98. The van der Waals surface area contributed by atoms with Crippen molar-refractivity contribution in [2.75, 3.05) is 13.1 Å². The molecule has 0 amide bonds. The van der Waals surface area contributed by atoms with Crippen LogP contribution in [0.2, 0.25) is 0 Å². The van der Waals surface area contributed by atoms with Crippen molar-refractivity contribution in [1.82, 2.24) is 15.4 Å². The number of aromatic nitrogens is 1. The fourth-order valence-electron chi connectivity index (χ4n) is 3.37. The third kappa shape index (κ3) is 2.91. The Morgan fingerprint density at radius 2 is 2.10 bits per heavy atom. The van der Waals surface area contributed by atoms with E-state index in [-0.39, 0.29) is 0 Å². The van der Waals surface area contributed by atoms with Crippen molar-refractivity contribution < 1.29 is 4.52 Å². The lowest BCUT2D eigenvalue weighted by molar-refractivity contribution is 0.0810. The molecule has 0 aromatic carbocycles. The van der Waals surface area contributed by atoms with E-state index in [2.05, 4.69) is 43.1 Å². The number of piperazine rings is 1. The molecule has 4 unspecified atom stereocenters. The van der Waals surface area contributed by atoms with E-state index < -0.39 is 0 Å². The Kier molecular flexibility index (Phi) is 4.86. The average Bonchev–Trinajstić information content (AvgIpc) is 2.77. The third-order valence-electron chi connectivity index (χ3n) is 4.98. The Labute approximate surface area is 122 Å². The molecule has 0 radical (unpaired) electrons. The van der Waals surface area contributed by atoms with Crippen molar-refractivity contribution in [2.45, 2.75) is 66.1 Å². The first-order valence-corrected chi connectivity index (χ1v) is 7.87. The quantitative estimate of drug-likeness (QED) is 0.919. The Morgan fingerprint density at radius 3 is 2.65 bits per heavy atom. The van der Waals surface area contributed by atoms with Gasteiger partial charge in [-0.25, -0.2) is 0 Å². The summed E-state index contributed by atoms with van der Waals surface area (Å²) in [5, 5.41) is 7.81. The summed E-state index contributed by atoms with van der Waals surface area (Å²) in [6.07, 6.45) is 1.22. The lowest BCUT2D eigenvalue weighted by atomic mass is 9.93. The lowest BCUT2D eigenvalue weighted by Crippen LogP contribution is -2.57. The Morgan fingerprint density at radius 1 is 1.40 bits per heavy atom. The summed E-state index contributed by atoms with van der Waals surface area (Å²) in [6, 6.07) is 1.49. The summed E-state index contributed by atoms with van der Waals surface area (Å²) in [5.41, 5.74) is 2.29.